The monoisotopic (exact) mass is 252 g/mol. The molecule has 0 saturated carbocycles. The summed E-state index contributed by atoms with van der Waals surface area (Å²) in [6, 6.07) is 7.21. The Morgan fingerprint density at radius 2 is 2.12 bits per heavy atom. The number of nitrogens with two attached hydrogens (primary N) is 1. The summed E-state index contributed by atoms with van der Waals surface area (Å²) in [5.41, 5.74) is 0.210. The van der Waals surface area contributed by atoms with Gasteiger partial charge in [0.05, 0.1) is 7.11 Å². The number of nitrogens with zero attached hydrogens (tertiary/aromatic N) is 3. The van der Waals surface area contributed by atoms with Crippen LogP contribution in [0.1, 0.15) is 5.56 Å². The first kappa shape index (κ1) is 11.7. The smallest absolute Gasteiger partial charge is 0.232 e. The van der Waals surface area contributed by atoms with Gasteiger partial charge in [-0.25, -0.2) is 5.84 Å². The predicted molar refractivity (Wildman–Crippen MR) is 66.2 cm³/mol. The van der Waals surface area contributed by atoms with Crippen molar-refractivity contribution in [3.63, 3.8) is 0 Å². The summed E-state index contributed by atoms with van der Waals surface area (Å²) in [4.78, 5) is 10.7. The lowest BCUT2D eigenvalue weighted by Gasteiger charge is -2.19. The number of benzene rings is 1. The molecule has 1 unspecified atom stereocenters. The second-order valence-corrected chi connectivity index (χ2v) is 3.85. The van der Waals surface area contributed by atoms with Crippen LogP contribution >= 0.6 is 12.6 Å². The molecule has 1 aliphatic rings. The van der Waals surface area contributed by atoms with E-state index < -0.39 is 5.50 Å². The largest absolute Gasteiger partial charge is 0.497 e. The Kier molecular flexibility index (Phi) is 3.21. The number of carbonyl (C=O) groups excluding carboxylic acids is 1. The van der Waals surface area contributed by atoms with Gasteiger partial charge in [0.15, 0.2) is 11.3 Å². The predicted octanol–water partition coefficient (Wildman–Crippen LogP) is 0.218. The van der Waals surface area contributed by atoms with Gasteiger partial charge in [-0.2, -0.15) is 5.01 Å². The highest BCUT2D eigenvalue weighted by atomic mass is 32.1. The molecule has 1 aliphatic heterocycles. The van der Waals surface area contributed by atoms with Crippen LogP contribution in [0.3, 0.4) is 0 Å². The molecule has 0 radical (unpaired) electrons. The average molecular weight is 252 g/mol. The molecule has 2 rings (SSSR count). The minimum Gasteiger partial charge on any atom is -0.497 e. The molecule has 6 nitrogen and oxygen atoms in total. The van der Waals surface area contributed by atoms with Crippen molar-refractivity contribution in [3.05, 3.63) is 29.8 Å². The molecule has 2 N–H and O–H groups in total. The molecule has 0 aliphatic carbocycles. The Balaban J connectivity index is 2.30. The summed E-state index contributed by atoms with van der Waals surface area (Å²) in [6.07, 6.45) is 0.577. The zero-order chi connectivity index (χ0) is 12.4. The number of thiol groups is 1. The highest BCUT2D eigenvalue weighted by Crippen LogP contribution is 2.20. The fourth-order valence-electron chi connectivity index (χ4n) is 1.47. The van der Waals surface area contributed by atoms with Crippen LogP contribution in [0.4, 0.5) is 0 Å². The topological polar surface area (TPSA) is 71.2 Å². The minimum absolute atomic E-state index is 0.486. The lowest BCUT2D eigenvalue weighted by molar-refractivity contribution is -0.119. The SMILES string of the molecule is COc1ccc(C2=NN(C=O)C(S)N2N)cc1. The van der Waals surface area contributed by atoms with Gasteiger partial charge in [0.25, 0.3) is 0 Å². The summed E-state index contributed by atoms with van der Waals surface area (Å²) in [5, 5.41) is 6.52. The zero-order valence-electron chi connectivity index (χ0n) is 9.15. The van der Waals surface area contributed by atoms with Gasteiger partial charge in [-0.05, 0) is 24.3 Å². The molecule has 0 aromatic heterocycles. The molecule has 90 valence electrons. The number of amides is 1. The summed E-state index contributed by atoms with van der Waals surface area (Å²) in [5.74, 6) is 7.01. The number of hydrazine groups is 1. The van der Waals surface area contributed by atoms with Gasteiger partial charge in [0, 0.05) is 5.56 Å². The van der Waals surface area contributed by atoms with Gasteiger partial charge in [-0.3, -0.25) is 9.80 Å². The molecule has 1 aromatic carbocycles. The van der Waals surface area contributed by atoms with Crippen molar-refractivity contribution in [1.82, 2.24) is 10.0 Å². The lowest BCUT2D eigenvalue weighted by Crippen LogP contribution is -2.43. The van der Waals surface area contributed by atoms with Crippen molar-refractivity contribution < 1.29 is 9.53 Å². The van der Waals surface area contributed by atoms with E-state index in [2.05, 4.69) is 17.7 Å². The highest BCUT2D eigenvalue weighted by Gasteiger charge is 2.29. The molecule has 0 spiro atoms. The molecule has 0 saturated heterocycles. The van der Waals surface area contributed by atoms with E-state index in [9.17, 15) is 4.79 Å². The Labute approximate surface area is 104 Å². The van der Waals surface area contributed by atoms with E-state index in [4.69, 9.17) is 10.6 Å². The van der Waals surface area contributed by atoms with Crippen LogP contribution in [0.5, 0.6) is 5.75 Å². The molecule has 1 aromatic rings. The van der Waals surface area contributed by atoms with Gasteiger partial charge in [0.2, 0.25) is 6.41 Å². The van der Waals surface area contributed by atoms with Gasteiger partial charge in [-0.15, -0.1) is 17.7 Å². The average Bonchev–Trinajstić information content (AvgIpc) is 2.66. The van der Waals surface area contributed by atoms with Crippen molar-refractivity contribution >= 4 is 24.9 Å². The van der Waals surface area contributed by atoms with Crippen molar-refractivity contribution in [2.75, 3.05) is 7.11 Å². The standard InChI is InChI=1S/C10H12N4O2S/c1-16-8-4-2-7(3-5-8)9-12-13(6-15)10(17)14(9)11/h2-6,10,17H,11H2,1H3. The highest BCUT2D eigenvalue weighted by molar-refractivity contribution is 7.80. The van der Waals surface area contributed by atoms with E-state index in [1.807, 2.05) is 12.1 Å². The van der Waals surface area contributed by atoms with Crippen molar-refractivity contribution in [1.29, 1.82) is 0 Å². The van der Waals surface area contributed by atoms with E-state index in [0.29, 0.717) is 12.2 Å². The third kappa shape index (κ3) is 2.06. The van der Waals surface area contributed by atoms with E-state index in [-0.39, 0.29) is 0 Å². The Morgan fingerprint density at radius 1 is 1.47 bits per heavy atom. The van der Waals surface area contributed by atoms with Crippen molar-refractivity contribution in [3.8, 4) is 5.75 Å². The fraction of sp³-hybridized carbons (Fsp3) is 0.200. The third-order valence-corrected chi connectivity index (χ3v) is 2.88. The molecule has 0 bridgehead atoms. The van der Waals surface area contributed by atoms with Crippen LogP contribution < -0.4 is 10.6 Å². The summed E-state index contributed by atoms with van der Waals surface area (Å²) in [7, 11) is 1.59. The van der Waals surface area contributed by atoms with Gasteiger partial charge < -0.3 is 4.74 Å². The number of amidine groups is 1. The van der Waals surface area contributed by atoms with Crippen molar-refractivity contribution in [2.24, 2.45) is 10.9 Å². The fourth-order valence-corrected chi connectivity index (χ4v) is 1.69. The second-order valence-electron chi connectivity index (χ2n) is 3.39. The molecule has 17 heavy (non-hydrogen) atoms. The van der Waals surface area contributed by atoms with Crippen LogP contribution in [0.25, 0.3) is 0 Å². The molecule has 1 atom stereocenters. The molecule has 7 heteroatoms. The maximum atomic E-state index is 10.7. The number of methoxy groups -OCH3 is 1. The number of hydrazone groups is 1. The number of hydrogen-bond acceptors (Lipinski definition) is 6. The van der Waals surface area contributed by atoms with Crippen LogP contribution in [0.15, 0.2) is 29.4 Å². The zero-order valence-corrected chi connectivity index (χ0v) is 10.0. The third-order valence-electron chi connectivity index (χ3n) is 2.40. The van der Waals surface area contributed by atoms with Crippen molar-refractivity contribution in [2.45, 2.75) is 5.50 Å². The van der Waals surface area contributed by atoms with E-state index >= 15 is 0 Å². The molecular weight excluding hydrogens is 240 g/mol. The minimum atomic E-state index is -0.579. The summed E-state index contributed by atoms with van der Waals surface area (Å²) < 4.78 is 5.06. The molecule has 0 fully saturated rings. The number of rotatable bonds is 3. The Morgan fingerprint density at radius 3 is 2.59 bits per heavy atom. The van der Waals surface area contributed by atoms with Crippen LogP contribution in [0.2, 0.25) is 0 Å². The molecule has 1 amide bonds. The maximum absolute atomic E-state index is 10.7. The molecule has 1 heterocycles. The van der Waals surface area contributed by atoms with Gasteiger partial charge in [-0.1, -0.05) is 0 Å². The normalized spacial score (nSPS) is 19.2. The van der Waals surface area contributed by atoms with E-state index in [1.165, 1.54) is 5.01 Å². The number of carbonyl (C=O) groups is 1. The number of ether oxygens (including phenoxy) is 1. The Hall–Kier alpha value is -1.73. The first-order valence-corrected chi connectivity index (χ1v) is 5.37. The van der Waals surface area contributed by atoms with E-state index in [1.54, 1.807) is 19.2 Å². The lowest BCUT2D eigenvalue weighted by atomic mass is 10.2. The Bertz CT molecular complexity index is 448. The summed E-state index contributed by atoms with van der Waals surface area (Å²) in [6.45, 7) is 0. The van der Waals surface area contributed by atoms with Crippen LogP contribution in [0, 0.1) is 0 Å². The number of hydrogen-bond donors (Lipinski definition) is 2. The second kappa shape index (κ2) is 4.64. The van der Waals surface area contributed by atoms with E-state index in [0.717, 1.165) is 16.3 Å². The van der Waals surface area contributed by atoms with Crippen LogP contribution in [-0.2, 0) is 4.79 Å². The quantitative estimate of drug-likeness (QED) is 0.458. The molecular formula is C10H12N4O2S. The maximum Gasteiger partial charge on any atom is 0.232 e. The first-order valence-electron chi connectivity index (χ1n) is 4.86. The van der Waals surface area contributed by atoms with Gasteiger partial charge >= 0.3 is 0 Å². The first-order chi connectivity index (χ1) is 8.17. The summed E-state index contributed by atoms with van der Waals surface area (Å²) >= 11 is 4.17. The van der Waals surface area contributed by atoms with Crippen LogP contribution in [-0.4, -0.2) is 34.9 Å². The van der Waals surface area contributed by atoms with Gasteiger partial charge in [0.1, 0.15) is 5.75 Å².